The molecule has 0 aliphatic rings. The molecule has 2 nitrogen and oxygen atoms in total. The third-order valence-electron chi connectivity index (χ3n) is 3.59. The summed E-state index contributed by atoms with van der Waals surface area (Å²) >= 11 is 0. The van der Waals surface area contributed by atoms with E-state index in [1.165, 1.54) is 17.7 Å². The maximum atomic E-state index is 13.0. The van der Waals surface area contributed by atoms with Crippen molar-refractivity contribution in [2.75, 3.05) is 13.2 Å². The highest BCUT2D eigenvalue weighted by Gasteiger charge is 2.11. The molecule has 2 rings (SSSR count). The Kier molecular flexibility index (Phi) is 5.96. The Balaban J connectivity index is 2.07. The van der Waals surface area contributed by atoms with Crippen molar-refractivity contribution in [2.24, 2.45) is 11.7 Å². The lowest BCUT2D eigenvalue weighted by Gasteiger charge is -2.16. The summed E-state index contributed by atoms with van der Waals surface area (Å²) in [5.41, 5.74) is 8.15. The van der Waals surface area contributed by atoms with Gasteiger partial charge in [-0.25, -0.2) is 4.39 Å². The zero-order valence-corrected chi connectivity index (χ0v) is 13.3. The molecule has 0 saturated carbocycles. The van der Waals surface area contributed by atoms with Gasteiger partial charge in [-0.1, -0.05) is 38.1 Å². The van der Waals surface area contributed by atoms with Gasteiger partial charge in [-0.2, -0.15) is 0 Å². The van der Waals surface area contributed by atoms with Crippen LogP contribution in [0.2, 0.25) is 0 Å². The summed E-state index contributed by atoms with van der Waals surface area (Å²) in [6.07, 6.45) is 0.820. The van der Waals surface area contributed by atoms with Crippen LogP contribution < -0.4 is 10.5 Å². The van der Waals surface area contributed by atoms with Crippen molar-refractivity contribution >= 4 is 0 Å². The van der Waals surface area contributed by atoms with Crippen LogP contribution in [0.4, 0.5) is 4.39 Å². The molecule has 2 aromatic carbocycles. The fourth-order valence-electron chi connectivity index (χ4n) is 2.38. The number of nitrogens with two attached hydrogens (primary N) is 1. The summed E-state index contributed by atoms with van der Waals surface area (Å²) in [6, 6.07) is 14.7. The molecule has 0 fully saturated rings. The number of hydrogen-bond donors (Lipinski definition) is 1. The van der Waals surface area contributed by atoms with Crippen molar-refractivity contribution in [3.05, 3.63) is 65.5 Å². The highest BCUT2D eigenvalue weighted by atomic mass is 19.1. The monoisotopic (exact) mass is 301 g/mol. The first-order valence-corrected chi connectivity index (χ1v) is 7.75. The molecular formula is C19H24FNO. The van der Waals surface area contributed by atoms with Gasteiger partial charge in [0.15, 0.2) is 0 Å². The Bertz CT molecular complexity index is 580. The minimum absolute atomic E-state index is 0.181. The van der Waals surface area contributed by atoms with E-state index in [0.29, 0.717) is 19.1 Å². The average molecular weight is 301 g/mol. The van der Waals surface area contributed by atoms with E-state index in [9.17, 15) is 4.39 Å². The van der Waals surface area contributed by atoms with Gasteiger partial charge in [-0.05, 0) is 54.3 Å². The molecular weight excluding hydrogens is 277 g/mol. The van der Waals surface area contributed by atoms with Crippen LogP contribution in [0.25, 0.3) is 0 Å². The number of halogens is 1. The van der Waals surface area contributed by atoms with Crippen LogP contribution in [0.1, 0.15) is 30.9 Å². The molecule has 0 aromatic heterocycles. The molecule has 0 heterocycles. The maximum absolute atomic E-state index is 13.0. The molecule has 0 amide bonds. The number of rotatable bonds is 7. The van der Waals surface area contributed by atoms with Crippen LogP contribution in [-0.4, -0.2) is 13.2 Å². The Morgan fingerprint density at radius 1 is 1.09 bits per heavy atom. The average Bonchev–Trinajstić information content (AvgIpc) is 2.52. The molecule has 0 saturated heterocycles. The predicted molar refractivity (Wildman–Crippen MR) is 88.7 cm³/mol. The molecule has 1 atom stereocenters. The first-order chi connectivity index (χ1) is 10.6. The van der Waals surface area contributed by atoms with Crippen LogP contribution in [0, 0.1) is 11.7 Å². The van der Waals surface area contributed by atoms with Gasteiger partial charge < -0.3 is 10.5 Å². The topological polar surface area (TPSA) is 35.2 Å². The molecule has 0 bridgehead atoms. The van der Waals surface area contributed by atoms with Gasteiger partial charge in [-0.15, -0.1) is 0 Å². The van der Waals surface area contributed by atoms with Crippen LogP contribution in [0.15, 0.2) is 48.5 Å². The number of hydrogen-bond acceptors (Lipinski definition) is 2. The van der Waals surface area contributed by atoms with E-state index in [-0.39, 0.29) is 11.7 Å². The summed E-state index contributed by atoms with van der Waals surface area (Å²) in [5.74, 6) is 1.35. The summed E-state index contributed by atoms with van der Waals surface area (Å²) in [4.78, 5) is 0. The van der Waals surface area contributed by atoms with Crippen LogP contribution >= 0.6 is 0 Å². The van der Waals surface area contributed by atoms with E-state index in [2.05, 4.69) is 26.0 Å². The van der Waals surface area contributed by atoms with Crippen molar-refractivity contribution in [1.82, 2.24) is 0 Å². The van der Waals surface area contributed by atoms with Crippen LogP contribution in [0.3, 0.4) is 0 Å². The molecule has 3 heteroatoms. The standard InChI is InChI=1S/C19H24FNO/c1-14(2)13-22-19-5-3-4-15(11-19)10-17(12-21)16-6-8-18(20)9-7-16/h3-9,11,14,17H,10,12-13,21H2,1-2H3. The van der Waals surface area contributed by atoms with Crippen molar-refractivity contribution in [1.29, 1.82) is 0 Å². The molecule has 118 valence electrons. The smallest absolute Gasteiger partial charge is 0.123 e. The van der Waals surface area contributed by atoms with E-state index >= 15 is 0 Å². The first-order valence-electron chi connectivity index (χ1n) is 7.75. The van der Waals surface area contributed by atoms with E-state index in [4.69, 9.17) is 10.5 Å². The molecule has 0 aliphatic heterocycles. The van der Waals surface area contributed by atoms with E-state index in [1.807, 2.05) is 24.3 Å². The summed E-state index contributed by atoms with van der Waals surface area (Å²) < 4.78 is 18.8. The lowest BCUT2D eigenvalue weighted by molar-refractivity contribution is 0.271. The fraction of sp³-hybridized carbons (Fsp3) is 0.368. The third-order valence-corrected chi connectivity index (χ3v) is 3.59. The zero-order chi connectivity index (χ0) is 15.9. The summed E-state index contributed by atoms with van der Waals surface area (Å²) in [7, 11) is 0. The second kappa shape index (κ2) is 7.95. The van der Waals surface area contributed by atoms with Gasteiger partial charge in [0.05, 0.1) is 6.61 Å². The molecule has 0 aliphatic carbocycles. The Labute approximate surface area is 132 Å². The van der Waals surface area contributed by atoms with E-state index in [1.54, 1.807) is 0 Å². The van der Waals surface area contributed by atoms with Crippen molar-refractivity contribution in [3.63, 3.8) is 0 Å². The lowest BCUT2D eigenvalue weighted by atomic mass is 9.92. The molecule has 0 spiro atoms. The van der Waals surface area contributed by atoms with E-state index in [0.717, 1.165) is 17.7 Å². The maximum Gasteiger partial charge on any atom is 0.123 e. The molecule has 2 N–H and O–H groups in total. The molecule has 1 unspecified atom stereocenters. The minimum atomic E-state index is -0.219. The Hall–Kier alpha value is -1.87. The van der Waals surface area contributed by atoms with Crippen molar-refractivity contribution < 1.29 is 9.13 Å². The lowest BCUT2D eigenvalue weighted by Crippen LogP contribution is -2.15. The van der Waals surface area contributed by atoms with Gasteiger partial charge in [0, 0.05) is 5.92 Å². The van der Waals surface area contributed by atoms with Crippen molar-refractivity contribution in [3.8, 4) is 5.75 Å². The second-order valence-electron chi connectivity index (χ2n) is 6.04. The van der Waals surface area contributed by atoms with Gasteiger partial charge in [0.1, 0.15) is 11.6 Å². The highest BCUT2D eigenvalue weighted by Crippen LogP contribution is 2.23. The largest absolute Gasteiger partial charge is 0.493 e. The summed E-state index contributed by atoms with van der Waals surface area (Å²) in [6.45, 7) is 5.50. The van der Waals surface area contributed by atoms with Crippen LogP contribution in [-0.2, 0) is 6.42 Å². The zero-order valence-electron chi connectivity index (χ0n) is 13.3. The quantitative estimate of drug-likeness (QED) is 0.834. The van der Waals surface area contributed by atoms with Crippen LogP contribution in [0.5, 0.6) is 5.75 Å². The highest BCUT2D eigenvalue weighted by molar-refractivity contribution is 5.31. The van der Waals surface area contributed by atoms with E-state index < -0.39 is 0 Å². The molecule has 0 radical (unpaired) electrons. The predicted octanol–water partition coefficient (Wildman–Crippen LogP) is 4.15. The number of benzene rings is 2. The van der Waals surface area contributed by atoms with Crippen molar-refractivity contribution in [2.45, 2.75) is 26.2 Å². The second-order valence-corrected chi connectivity index (χ2v) is 6.04. The number of ether oxygens (including phenoxy) is 1. The first kappa shape index (κ1) is 16.5. The summed E-state index contributed by atoms with van der Waals surface area (Å²) in [5, 5.41) is 0. The molecule has 22 heavy (non-hydrogen) atoms. The fourth-order valence-corrected chi connectivity index (χ4v) is 2.38. The van der Waals surface area contributed by atoms with Gasteiger partial charge in [0.25, 0.3) is 0 Å². The minimum Gasteiger partial charge on any atom is -0.493 e. The van der Waals surface area contributed by atoms with Gasteiger partial charge in [-0.3, -0.25) is 0 Å². The SMILES string of the molecule is CC(C)COc1cccc(CC(CN)c2ccc(F)cc2)c1. The Morgan fingerprint density at radius 2 is 1.82 bits per heavy atom. The van der Waals surface area contributed by atoms with Gasteiger partial charge in [0.2, 0.25) is 0 Å². The normalized spacial score (nSPS) is 12.4. The molecule has 2 aromatic rings. The third kappa shape index (κ3) is 4.85. The van der Waals surface area contributed by atoms with Gasteiger partial charge >= 0.3 is 0 Å². The Morgan fingerprint density at radius 3 is 2.45 bits per heavy atom.